The first-order valence-electron chi connectivity index (χ1n) is 10.5. The van der Waals surface area contributed by atoms with E-state index in [-0.39, 0.29) is 11.6 Å². The largest absolute Gasteiger partial charge is 0.289 e. The minimum absolute atomic E-state index is 0.136. The SMILES string of the molecule is CC(C)=CCCC1=CCC2=C(C1)C(=O)C1=C(CC(CCC=C(C)C)=CC1)C2=O. The van der Waals surface area contributed by atoms with Crippen molar-refractivity contribution in [2.45, 2.75) is 79.1 Å². The Morgan fingerprint density at radius 3 is 1.46 bits per heavy atom. The van der Waals surface area contributed by atoms with Gasteiger partial charge in [0.15, 0.2) is 11.6 Å². The van der Waals surface area contributed by atoms with E-state index in [0.29, 0.717) is 25.7 Å². The van der Waals surface area contributed by atoms with Gasteiger partial charge in [-0.25, -0.2) is 0 Å². The summed E-state index contributed by atoms with van der Waals surface area (Å²) in [5.41, 5.74) is 8.33. The first kappa shape index (κ1) is 20.5. The van der Waals surface area contributed by atoms with Crippen molar-refractivity contribution < 1.29 is 9.59 Å². The van der Waals surface area contributed by atoms with E-state index in [1.807, 2.05) is 0 Å². The molecular weight excluding hydrogens is 344 g/mol. The lowest BCUT2D eigenvalue weighted by molar-refractivity contribution is -0.116. The van der Waals surface area contributed by atoms with Crippen molar-refractivity contribution in [2.75, 3.05) is 0 Å². The van der Waals surface area contributed by atoms with Gasteiger partial charge in [0.1, 0.15) is 0 Å². The zero-order valence-electron chi connectivity index (χ0n) is 17.8. The van der Waals surface area contributed by atoms with Crippen molar-refractivity contribution in [3.63, 3.8) is 0 Å². The number of carbonyl (C=O) groups excluding carboxylic acids is 2. The predicted octanol–water partition coefficient (Wildman–Crippen LogP) is 6.66. The van der Waals surface area contributed by atoms with Crippen LogP contribution in [0.2, 0.25) is 0 Å². The van der Waals surface area contributed by atoms with Crippen molar-refractivity contribution in [3.05, 3.63) is 68.9 Å². The molecule has 148 valence electrons. The number of allylic oxidation sites excluding steroid dienone is 12. The van der Waals surface area contributed by atoms with Crippen LogP contribution in [0.15, 0.2) is 68.9 Å². The van der Waals surface area contributed by atoms with Gasteiger partial charge in [-0.3, -0.25) is 9.59 Å². The van der Waals surface area contributed by atoms with Crippen LogP contribution in [0.1, 0.15) is 79.1 Å². The van der Waals surface area contributed by atoms with Crippen LogP contribution in [0.5, 0.6) is 0 Å². The van der Waals surface area contributed by atoms with Crippen molar-refractivity contribution in [1.82, 2.24) is 0 Å². The molecule has 0 spiro atoms. The molecule has 0 aliphatic heterocycles. The highest BCUT2D eigenvalue weighted by molar-refractivity contribution is 6.26. The lowest BCUT2D eigenvalue weighted by Gasteiger charge is -2.29. The van der Waals surface area contributed by atoms with E-state index in [4.69, 9.17) is 0 Å². The Bertz CT molecular complexity index is 799. The van der Waals surface area contributed by atoms with Gasteiger partial charge in [0.2, 0.25) is 0 Å². The molecule has 0 aromatic rings. The lowest BCUT2D eigenvalue weighted by atomic mass is 9.73. The summed E-state index contributed by atoms with van der Waals surface area (Å²) in [6.07, 6.45) is 15.4. The third-order valence-corrected chi connectivity index (χ3v) is 5.86. The molecule has 3 aliphatic rings. The second kappa shape index (κ2) is 8.86. The highest BCUT2D eigenvalue weighted by atomic mass is 16.1. The Hall–Kier alpha value is -2.22. The summed E-state index contributed by atoms with van der Waals surface area (Å²) >= 11 is 0. The summed E-state index contributed by atoms with van der Waals surface area (Å²) in [7, 11) is 0. The molecule has 0 amide bonds. The molecular formula is C26H32O2. The van der Waals surface area contributed by atoms with Crippen molar-refractivity contribution in [1.29, 1.82) is 0 Å². The highest BCUT2D eigenvalue weighted by Crippen LogP contribution is 2.40. The molecule has 0 saturated heterocycles. The summed E-state index contributed by atoms with van der Waals surface area (Å²) in [5, 5.41) is 0. The van der Waals surface area contributed by atoms with Gasteiger partial charge in [-0.15, -0.1) is 0 Å². The van der Waals surface area contributed by atoms with Crippen LogP contribution in [0.4, 0.5) is 0 Å². The number of rotatable bonds is 6. The van der Waals surface area contributed by atoms with Crippen molar-refractivity contribution in [2.24, 2.45) is 0 Å². The van der Waals surface area contributed by atoms with E-state index < -0.39 is 0 Å². The standard InChI is InChI=1S/C26H32O2/c1-17(2)7-5-9-19-11-13-21-23(15-19)25(27)22-14-12-20(10-6-8-18(3)4)16-24(22)26(21)28/h7-8,11-12H,5-6,9-10,13-16H2,1-4H3. The number of carbonyl (C=O) groups is 2. The van der Waals surface area contributed by atoms with E-state index in [2.05, 4.69) is 52.0 Å². The second-order valence-corrected chi connectivity index (χ2v) is 8.70. The number of Topliss-reactive ketones (excluding diaryl/α,β-unsaturated/α-hetero) is 2. The average molecular weight is 377 g/mol. The topological polar surface area (TPSA) is 34.1 Å². The van der Waals surface area contributed by atoms with Gasteiger partial charge in [0, 0.05) is 22.3 Å². The number of hydrogen-bond donors (Lipinski definition) is 0. The Morgan fingerprint density at radius 1 is 0.714 bits per heavy atom. The average Bonchev–Trinajstić information content (AvgIpc) is 2.65. The molecule has 3 rings (SSSR count). The van der Waals surface area contributed by atoms with Gasteiger partial charge in [0.25, 0.3) is 0 Å². The van der Waals surface area contributed by atoms with Gasteiger partial charge >= 0.3 is 0 Å². The zero-order valence-corrected chi connectivity index (χ0v) is 17.8. The van der Waals surface area contributed by atoms with Crippen LogP contribution in [-0.4, -0.2) is 11.6 Å². The third-order valence-electron chi connectivity index (χ3n) is 5.86. The Morgan fingerprint density at radius 2 is 1.11 bits per heavy atom. The molecule has 0 N–H and O–H groups in total. The molecule has 0 radical (unpaired) electrons. The van der Waals surface area contributed by atoms with Crippen molar-refractivity contribution in [3.8, 4) is 0 Å². The van der Waals surface area contributed by atoms with E-state index in [0.717, 1.165) is 48.0 Å². The Labute approximate surface area is 169 Å². The third kappa shape index (κ3) is 4.60. The summed E-state index contributed by atoms with van der Waals surface area (Å²) in [6.45, 7) is 8.44. The minimum Gasteiger partial charge on any atom is -0.289 e. The van der Waals surface area contributed by atoms with Gasteiger partial charge in [-0.1, -0.05) is 46.6 Å². The van der Waals surface area contributed by atoms with Crippen LogP contribution in [-0.2, 0) is 9.59 Å². The predicted molar refractivity (Wildman–Crippen MR) is 116 cm³/mol. The maximum absolute atomic E-state index is 13.1. The Balaban J connectivity index is 1.68. The first-order chi connectivity index (χ1) is 13.4. The molecule has 0 saturated carbocycles. The Kier molecular flexibility index (Phi) is 6.49. The molecule has 2 heteroatoms. The second-order valence-electron chi connectivity index (χ2n) is 8.70. The van der Waals surface area contributed by atoms with Gasteiger partial charge in [0.05, 0.1) is 0 Å². The lowest BCUT2D eigenvalue weighted by Crippen LogP contribution is -2.27. The zero-order chi connectivity index (χ0) is 20.3. The monoisotopic (exact) mass is 376 g/mol. The van der Waals surface area contributed by atoms with Gasteiger partial charge in [-0.2, -0.15) is 0 Å². The molecule has 0 unspecified atom stereocenters. The number of hydrogen-bond acceptors (Lipinski definition) is 2. The molecule has 0 aromatic heterocycles. The van der Waals surface area contributed by atoms with Crippen LogP contribution in [0, 0.1) is 0 Å². The summed E-state index contributed by atoms with van der Waals surface area (Å²) in [4.78, 5) is 26.3. The quantitative estimate of drug-likeness (QED) is 0.383. The molecule has 2 nitrogen and oxygen atoms in total. The van der Waals surface area contributed by atoms with Crippen LogP contribution < -0.4 is 0 Å². The summed E-state index contributed by atoms with van der Waals surface area (Å²) in [5.74, 6) is 0.272. The molecule has 0 atom stereocenters. The minimum atomic E-state index is 0.136. The van der Waals surface area contributed by atoms with E-state index in [1.165, 1.54) is 22.3 Å². The molecule has 0 aromatic carbocycles. The molecule has 3 aliphatic carbocycles. The summed E-state index contributed by atoms with van der Waals surface area (Å²) in [6, 6.07) is 0. The van der Waals surface area contributed by atoms with Crippen molar-refractivity contribution >= 4 is 11.6 Å². The van der Waals surface area contributed by atoms with E-state index >= 15 is 0 Å². The molecule has 28 heavy (non-hydrogen) atoms. The van der Waals surface area contributed by atoms with Crippen LogP contribution in [0.3, 0.4) is 0 Å². The molecule has 0 bridgehead atoms. The molecule has 0 heterocycles. The van der Waals surface area contributed by atoms with Gasteiger partial charge < -0.3 is 0 Å². The summed E-state index contributed by atoms with van der Waals surface area (Å²) < 4.78 is 0. The molecule has 0 fully saturated rings. The highest BCUT2D eigenvalue weighted by Gasteiger charge is 2.36. The smallest absolute Gasteiger partial charge is 0.186 e. The maximum Gasteiger partial charge on any atom is 0.186 e. The first-order valence-corrected chi connectivity index (χ1v) is 10.5. The normalized spacial score (nSPS) is 19.0. The fourth-order valence-corrected chi connectivity index (χ4v) is 4.28. The van der Waals surface area contributed by atoms with Gasteiger partial charge in [-0.05, 0) is 79.1 Å². The van der Waals surface area contributed by atoms with Crippen LogP contribution >= 0.6 is 0 Å². The fraction of sp³-hybridized carbons (Fsp3) is 0.462. The number of ketones is 2. The fourth-order valence-electron chi connectivity index (χ4n) is 4.28. The maximum atomic E-state index is 13.1. The van der Waals surface area contributed by atoms with Crippen LogP contribution in [0.25, 0.3) is 0 Å². The van der Waals surface area contributed by atoms with E-state index in [1.54, 1.807) is 0 Å². The van der Waals surface area contributed by atoms with E-state index in [9.17, 15) is 9.59 Å².